The second-order valence-electron chi connectivity index (χ2n) is 5.63. The van der Waals surface area contributed by atoms with Crippen LogP contribution in [-0.4, -0.2) is 41.6 Å². The molecule has 108 valence electrons. The van der Waals surface area contributed by atoms with Crippen LogP contribution in [0.15, 0.2) is 12.4 Å². The molecule has 1 spiro atoms. The Morgan fingerprint density at radius 1 is 1.35 bits per heavy atom. The average Bonchev–Trinajstić information content (AvgIpc) is 2.47. The number of hydrogen-bond donors (Lipinski definition) is 1. The summed E-state index contributed by atoms with van der Waals surface area (Å²) in [5.74, 6) is 1.62. The van der Waals surface area contributed by atoms with Gasteiger partial charge in [0.1, 0.15) is 12.1 Å². The molecule has 2 aliphatic rings. The van der Waals surface area contributed by atoms with Crippen molar-refractivity contribution in [3.05, 3.63) is 12.4 Å². The SMILES string of the molecule is COc1cc(N2CCCC3(CCCC(=O)N3)C2)ncn1. The molecule has 1 N–H and O–H groups in total. The van der Waals surface area contributed by atoms with Gasteiger partial charge in [0.2, 0.25) is 11.8 Å². The van der Waals surface area contributed by atoms with Crippen LogP contribution in [0, 0.1) is 0 Å². The lowest BCUT2D eigenvalue weighted by Crippen LogP contribution is -2.60. The highest BCUT2D eigenvalue weighted by atomic mass is 16.5. The Morgan fingerprint density at radius 2 is 2.20 bits per heavy atom. The van der Waals surface area contributed by atoms with Crippen LogP contribution in [0.25, 0.3) is 0 Å². The molecular weight excluding hydrogens is 256 g/mol. The number of carbonyl (C=O) groups is 1. The summed E-state index contributed by atoms with van der Waals surface area (Å²) >= 11 is 0. The van der Waals surface area contributed by atoms with Gasteiger partial charge in [0.25, 0.3) is 0 Å². The van der Waals surface area contributed by atoms with Crippen molar-refractivity contribution >= 4 is 11.7 Å². The summed E-state index contributed by atoms with van der Waals surface area (Å²) in [6.45, 7) is 1.77. The molecular formula is C14H20N4O2. The summed E-state index contributed by atoms with van der Waals surface area (Å²) in [7, 11) is 1.60. The Labute approximate surface area is 118 Å². The van der Waals surface area contributed by atoms with Gasteiger partial charge >= 0.3 is 0 Å². The van der Waals surface area contributed by atoms with Crippen molar-refractivity contribution in [2.24, 2.45) is 0 Å². The molecule has 1 amide bonds. The van der Waals surface area contributed by atoms with Crippen LogP contribution in [0.2, 0.25) is 0 Å². The summed E-state index contributed by atoms with van der Waals surface area (Å²) in [5, 5.41) is 3.20. The third kappa shape index (κ3) is 2.55. The first-order valence-corrected chi connectivity index (χ1v) is 7.13. The van der Waals surface area contributed by atoms with Gasteiger partial charge in [-0.2, -0.15) is 0 Å². The zero-order valence-electron chi connectivity index (χ0n) is 11.8. The first-order valence-electron chi connectivity index (χ1n) is 7.13. The van der Waals surface area contributed by atoms with E-state index in [2.05, 4.69) is 20.2 Å². The molecule has 6 nitrogen and oxygen atoms in total. The number of anilines is 1. The van der Waals surface area contributed by atoms with E-state index in [0.717, 1.165) is 44.6 Å². The number of piperidine rings is 2. The summed E-state index contributed by atoms with van der Waals surface area (Å²) in [4.78, 5) is 22.3. The Bertz CT molecular complexity index is 504. The first kappa shape index (κ1) is 13.1. The summed E-state index contributed by atoms with van der Waals surface area (Å²) in [5.41, 5.74) is -0.0776. The highest BCUT2D eigenvalue weighted by molar-refractivity contribution is 5.77. The van der Waals surface area contributed by atoms with Gasteiger partial charge in [-0.3, -0.25) is 4.79 Å². The second kappa shape index (κ2) is 5.26. The van der Waals surface area contributed by atoms with Gasteiger partial charge in [-0.15, -0.1) is 0 Å². The number of rotatable bonds is 2. The highest BCUT2D eigenvalue weighted by Gasteiger charge is 2.39. The molecule has 1 unspecified atom stereocenters. The fourth-order valence-corrected chi connectivity index (χ4v) is 3.26. The number of nitrogens with one attached hydrogen (secondary N) is 1. The molecule has 1 atom stereocenters. The molecule has 6 heteroatoms. The molecule has 0 saturated carbocycles. The van der Waals surface area contributed by atoms with Crippen molar-refractivity contribution in [3.8, 4) is 5.88 Å². The van der Waals surface area contributed by atoms with E-state index in [1.54, 1.807) is 7.11 Å². The topological polar surface area (TPSA) is 67.3 Å². The third-order valence-corrected chi connectivity index (χ3v) is 4.20. The van der Waals surface area contributed by atoms with Crippen LogP contribution in [0.1, 0.15) is 32.1 Å². The van der Waals surface area contributed by atoms with Crippen molar-refractivity contribution in [2.45, 2.75) is 37.6 Å². The minimum atomic E-state index is -0.0776. The Morgan fingerprint density at radius 3 is 3.00 bits per heavy atom. The zero-order chi connectivity index (χ0) is 14.0. The highest BCUT2D eigenvalue weighted by Crippen LogP contribution is 2.31. The Kier molecular flexibility index (Phi) is 3.46. The lowest BCUT2D eigenvalue weighted by molar-refractivity contribution is -0.125. The quantitative estimate of drug-likeness (QED) is 0.877. The van der Waals surface area contributed by atoms with E-state index in [4.69, 9.17) is 4.74 Å². The van der Waals surface area contributed by atoms with Gasteiger partial charge in [0.05, 0.1) is 12.6 Å². The van der Waals surface area contributed by atoms with Gasteiger partial charge in [-0.05, 0) is 25.7 Å². The molecule has 2 aliphatic heterocycles. The van der Waals surface area contributed by atoms with E-state index in [1.165, 1.54) is 6.33 Å². The molecule has 3 rings (SSSR count). The molecule has 0 radical (unpaired) electrons. The average molecular weight is 276 g/mol. The van der Waals surface area contributed by atoms with E-state index in [1.807, 2.05) is 6.07 Å². The number of aromatic nitrogens is 2. The van der Waals surface area contributed by atoms with E-state index in [9.17, 15) is 4.79 Å². The Balaban J connectivity index is 1.79. The number of ether oxygens (including phenoxy) is 1. The van der Waals surface area contributed by atoms with Crippen LogP contribution in [0.4, 0.5) is 5.82 Å². The summed E-state index contributed by atoms with van der Waals surface area (Å²) in [6, 6.07) is 1.85. The largest absolute Gasteiger partial charge is 0.481 e. The number of carbonyl (C=O) groups excluding carboxylic acids is 1. The molecule has 20 heavy (non-hydrogen) atoms. The van der Waals surface area contributed by atoms with Gasteiger partial charge in [0, 0.05) is 25.6 Å². The van der Waals surface area contributed by atoms with Crippen molar-refractivity contribution in [1.82, 2.24) is 15.3 Å². The maximum Gasteiger partial charge on any atom is 0.220 e. The predicted octanol–water partition coefficient (Wildman–Crippen LogP) is 1.12. The van der Waals surface area contributed by atoms with Crippen LogP contribution in [0.3, 0.4) is 0 Å². The fourth-order valence-electron chi connectivity index (χ4n) is 3.26. The van der Waals surface area contributed by atoms with Crippen molar-refractivity contribution in [3.63, 3.8) is 0 Å². The predicted molar refractivity (Wildman–Crippen MR) is 74.8 cm³/mol. The minimum absolute atomic E-state index is 0.0776. The maximum atomic E-state index is 11.7. The van der Waals surface area contributed by atoms with Gasteiger partial charge in [0.15, 0.2) is 0 Å². The number of nitrogens with zero attached hydrogens (tertiary/aromatic N) is 3. The lowest BCUT2D eigenvalue weighted by Gasteiger charge is -2.45. The van der Waals surface area contributed by atoms with Crippen LogP contribution >= 0.6 is 0 Å². The molecule has 0 aliphatic carbocycles. The number of methoxy groups -OCH3 is 1. The maximum absolute atomic E-state index is 11.7. The van der Waals surface area contributed by atoms with Gasteiger partial charge in [-0.25, -0.2) is 9.97 Å². The lowest BCUT2D eigenvalue weighted by atomic mass is 9.81. The van der Waals surface area contributed by atoms with E-state index in [-0.39, 0.29) is 11.4 Å². The summed E-state index contributed by atoms with van der Waals surface area (Å²) < 4.78 is 5.15. The molecule has 0 aromatic carbocycles. The Hall–Kier alpha value is -1.85. The minimum Gasteiger partial charge on any atom is -0.481 e. The second-order valence-corrected chi connectivity index (χ2v) is 5.63. The standard InChI is InChI=1S/C14H20N4O2/c1-20-13-8-11(15-10-16-13)18-7-3-6-14(9-18)5-2-4-12(19)17-14/h8,10H,2-7,9H2,1H3,(H,17,19). The molecule has 0 bridgehead atoms. The van der Waals surface area contributed by atoms with Crippen LogP contribution in [-0.2, 0) is 4.79 Å². The summed E-state index contributed by atoms with van der Waals surface area (Å²) in [6.07, 6.45) is 6.33. The first-order chi connectivity index (χ1) is 9.71. The molecule has 3 heterocycles. The van der Waals surface area contributed by atoms with Crippen molar-refractivity contribution in [1.29, 1.82) is 0 Å². The van der Waals surface area contributed by atoms with Crippen LogP contribution in [0.5, 0.6) is 5.88 Å². The normalized spacial score (nSPS) is 26.4. The van der Waals surface area contributed by atoms with Crippen molar-refractivity contribution < 1.29 is 9.53 Å². The van der Waals surface area contributed by atoms with Crippen molar-refractivity contribution in [2.75, 3.05) is 25.1 Å². The van der Waals surface area contributed by atoms with E-state index >= 15 is 0 Å². The molecule has 2 fully saturated rings. The number of amides is 1. The smallest absolute Gasteiger partial charge is 0.220 e. The monoisotopic (exact) mass is 276 g/mol. The molecule has 1 aromatic rings. The molecule has 1 aromatic heterocycles. The van der Waals surface area contributed by atoms with Crippen LogP contribution < -0.4 is 15.0 Å². The number of hydrogen-bond acceptors (Lipinski definition) is 5. The van der Waals surface area contributed by atoms with Gasteiger partial charge < -0.3 is 15.0 Å². The zero-order valence-corrected chi connectivity index (χ0v) is 11.8. The fraction of sp³-hybridized carbons (Fsp3) is 0.643. The van der Waals surface area contributed by atoms with Gasteiger partial charge in [-0.1, -0.05) is 0 Å². The van der Waals surface area contributed by atoms with E-state index < -0.39 is 0 Å². The third-order valence-electron chi connectivity index (χ3n) is 4.20. The van der Waals surface area contributed by atoms with E-state index in [0.29, 0.717) is 12.3 Å². The molecule has 2 saturated heterocycles.